The van der Waals surface area contributed by atoms with Gasteiger partial charge in [-0.3, -0.25) is 0 Å². The van der Waals surface area contributed by atoms with E-state index in [-0.39, 0.29) is 11.0 Å². The molecule has 0 aliphatic heterocycles. The van der Waals surface area contributed by atoms with Gasteiger partial charge in [0.05, 0.1) is 16.8 Å². The third-order valence-corrected chi connectivity index (χ3v) is 4.74. The molecule has 1 aromatic heterocycles. The Kier molecular flexibility index (Phi) is 4.97. The fourth-order valence-corrected chi connectivity index (χ4v) is 3.12. The summed E-state index contributed by atoms with van der Waals surface area (Å²) in [6.45, 7) is 6.55. The second-order valence-corrected chi connectivity index (χ2v) is 8.18. The minimum atomic E-state index is -0.959. The van der Waals surface area contributed by atoms with Gasteiger partial charge < -0.3 is 5.11 Å². The number of hydrogen-bond donors (Lipinski definition) is 1. The Hall–Kier alpha value is -2.46. The fraction of sp³-hybridized carbons (Fsp3) is 0.182. The van der Waals surface area contributed by atoms with Crippen LogP contribution in [0.5, 0.6) is 0 Å². The van der Waals surface area contributed by atoms with Crippen molar-refractivity contribution in [2.45, 2.75) is 26.2 Å². The Balaban J connectivity index is 1.97. The zero-order valence-electron chi connectivity index (χ0n) is 15.0. The number of halogens is 1. The molecule has 1 N–H and O–H groups in total. The quantitative estimate of drug-likeness (QED) is 0.562. The molecule has 3 aromatic rings. The zero-order chi connectivity index (χ0) is 18.9. The highest BCUT2D eigenvalue weighted by atomic mass is 79.9. The molecule has 4 heteroatoms. The lowest BCUT2D eigenvalue weighted by molar-refractivity contribution is 0.0699. The second kappa shape index (κ2) is 7.04. The van der Waals surface area contributed by atoms with E-state index in [1.54, 1.807) is 12.1 Å². The minimum Gasteiger partial charge on any atom is -0.478 e. The molecule has 3 nitrogen and oxygen atoms in total. The van der Waals surface area contributed by atoms with Gasteiger partial charge in [0, 0.05) is 9.86 Å². The maximum Gasteiger partial charge on any atom is 0.336 e. The average molecular weight is 410 g/mol. The van der Waals surface area contributed by atoms with Gasteiger partial charge in [0.25, 0.3) is 0 Å². The number of carboxylic acid groups (broad SMARTS) is 1. The van der Waals surface area contributed by atoms with Crippen molar-refractivity contribution in [2.24, 2.45) is 0 Å². The van der Waals surface area contributed by atoms with Crippen molar-refractivity contribution in [3.63, 3.8) is 0 Å². The average Bonchev–Trinajstić information content (AvgIpc) is 2.59. The zero-order valence-corrected chi connectivity index (χ0v) is 16.5. The number of carbonyl (C=O) groups is 1. The number of pyridine rings is 1. The molecule has 0 spiro atoms. The number of rotatable bonds is 3. The van der Waals surface area contributed by atoms with Gasteiger partial charge in [0.1, 0.15) is 0 Å². The highest BCUT2D eigenvalue weighted by Gasteiger charge is 2.13. The summed E-state index contributed by atoms with van der Waals surface area (Å²) in [5.74, 6) is -0.959. The molecule has 0 amide bonds. The van der Waals surface area contributed by atoms with Crippen molar-refractivity contribution < 1.29 is 9.90 Å². The highest BCUT2D eigenvalue weighted by molar-refractivity contribution is 9.10. The molecule has 26 heavy (non-hydrogen) atoms. The highest BCUT2D eigenvalue weighted by Crippen LogP contribution is 2.25. The van der Waals surface area contributed by atoms with Crippen LogP contribution in [0.15, 0.2) is 53.0 Å². The Morgan fingerprint density at radius 3 is 2.35 bits per heavy atom. The Bertz CT molecular complexity index is 999. The molecule has 0 fully saturated rings. The lowest BCUT2D eigenvalue weighted by atomic mass is 9.87. The first-order chi connectivity index (χ1) is 12.2. The smallest absolute Gasteiger partial charge is 0.336 e. The molecule has 0 aliphatic carbocycles. The van der Waals surface area contributed by atoms with Crippen LogP contribution < -0.4 is 0 Å². The van der Waals surface area contributed by atoms with E-state index in [1.807, 2.05) is 24.3 Å². The maximum absolute atomic E-state index is 11.6. The third kappa shape index (κ3) is 4.02. The van der Waals surface area contributed by atoms with Crippen LogP contribution in [0.1, 0.15) is 48.0 Å². The maximum atomic E-state index is 11.6. The summed E-state index contributed by atoms with van der Waals surface area (Å²) < 4.78 is 0.830. The largest absolute Gasteiger partial charge is 0.478 e. The van der Waals surface area contributed by atoms with E-state index in [0.29, 0.717) is 16.6 Å². The van der Waals surface area contributed by atoms with Gasteiger partial charge in [0.15, 0.2) is 0 Å². The molecule has 0 radical (unpaired) electrons. The van der Waals surface area contributed by atoms with E-state index in [9.17, 15) is 9.90 Å². The van der Waals surface area contributed by atoms with E-state index in [0.717, 1.165) is 10.0 Å². The van der Waals surface area contributed by atoms with Crippen LogP contribution in [0.4, 0.5) is 0 Å². The van der Waals surface area contributed by atoms with Crippen molar-refractivity contribution in [3.05, 3.63) is 75.4 Å². The SMILES string of the molecule is CC(C)(C)c1ccc(/C=C/c2cc(C(=O)O)c3cc(Br)ccc3n2)cc1. The summed E-state index contributed by atoms with van der Waals surface area (Å²) in [7, 11) is 0. The van der Waals surface area contributed by atoms with E-state index in [2.05, 4.69) is 66.0 Å². The van der Waals surface area contributed by atoms with Gasteiger partial charge in [-0.25, -0.2) is 9.78 Å². The summed E-state index contributed by atoms with van der Waals surface area (Å²) in [5, 5.41) is 10.1. The molecule has 0 saturated heterocycles. The first-order valence-corrected chi connectivity index (χ1v) is 9.15. The monoisotopic (exact) mass is 409 g/mol. The molecule has 0 saturated carbocycles. The second-order valence-electron chi connectivity index (χ2n) is 7.27. The summed E-state index contributed by atoms with van der Waals surface area (Å²) in [6.07, 6.45) is 3.80. The standard InChI is InChI=1S/C22H20BrNO2/c1-22(2,3)15-7-4-14(5-8-15)6-10-17-13-19(21(25)26)18-12-16(23)9-11-20(18)24-17/h4-13H,1-3H3,(H,25,26)/b10-6+. The van der Waals surface area contributed by atoms with Crippen molar-refractivity contribution in [1.29, 1.82) is 0 Å². The number of nitrogens with zero attached hydrogens (tertiary/aromatic N) is 1. The van der Waals surface area contributed by atoms with Crippen molar-refractivity contribution >= 4 is 45.0 Å². The van der Waals surface area contributed by atoms with Gasteiger partial charge >= 0.3 is 5.97 Å². The van der Waals surface area contributed by atoms with Crippen LogP contribution in [-0.4, -0.2) is 16.1 Å². The van der Waals surface area contributed by atoms with Crippen LogP contribution >= 0.6 is 15.9 Å². The molecule has 0 bridgehead atoms. The van der Waals surface area contributed by atoms with Crippen LogP contribution in [0.2, 0.25) is 0 Å². The van der Waals surface area contributed by atoms with E-state index in [1.165, 1.54) is 5.56 Å². The molecular formula is C22H20BrNO2. The summed E-state index contributed by atoms with van der Waals surface area (Å²) in [4.78, 5) is 16.2. The van der Waals surface area contributed by atoms with Crippen LogP contribution in [0.3, 0.4) is 0 Å². The van der Waals surface area contributed by atoms with Crippen LogP contribution in [0.25, 0.3) is 23.1 Å². The number of fused-ring (bicyclic) bond motifs is 1. The summed E-state index contributed by atoms with van der Waals surface area (Å²) >= 11 is 3.38. The van der Waals surface area contributed by atoms with Crippen LogP contribution in [-0.2, 0) is 5.41 Å². The Morgan fingerprint density at radius 1 is 1.04 bits per heavy atom. The lowest BCUT2D eigenvalue weighted by Crippen LogP contribution is -2.10. The Labute approximate surface area is 161 Å². The molecular weight excluding hydrogens is 390 g/mol. The van der Waals surface area contributed by atoms with Gasteiger partial charge in [0.2, 0.25) is 0 Å². The van der Waals surface area contributed by atoms with Gasteiger partial charge in [-0.2, -0.15) is 0 Å². The third-order valence-electron chi connectivity index (χ3n) is 4.24. The lowest BCUT2D eigenvalue weighted by Gasteiger charge is -2.18. The molecule has 1 heterocycles. The predicted octanol–water partition coefficient (Wildman–Crippen LogP) is 6.16. The van der Waals surface area contributed by atoms with Crippen molar-refractivity contribution in [3.8, 4) is 0 Å². The van der Waals surface area contributed by atoms with Gasteiger partial charge in [-0.1, -0.05) is 67.0 Å². The summed E-state index contributed by atoms with van der Waals surface area (Å²) in [5.41, 5.74) is 3.98. The molecule has 3 rings (SSSR count). The first-order valence-electron chi connectivity index (χ1n) is 8.36. The van der Waals surface area contributed by atoms with E-state index in [4.69, 9.17) is 0 Å². The number of hydrogen-bond acceptors (Lipinski definition) is 2. The Morgan fingerprint density at radius 2 is 1.73 bits per heavy atom. The number of aromatic nitrogens is 1. The molecule has 0 aliphatic rings. The van der Waals surface area contributed by atoms with Gasteiger partial charge in [-0.05, 0) is 46.9 Å². The van der Waals surface area contributed by atoms with E-state index >= 15 is 0 Å². The number of carboxylic acids is 1. The number of benzene rings is 2. The normalized spacial score (nSPS) is 12.0. The molecule has 0 atom stereocenters. The molecule has 2 aromatic carbocycles. The summed E-state index contributed by atoms with van der Waals surface area (Å²) in [6, 6.07) is 15.4. The fourth-order valence-electron chi connectivity index (χ4n) is 2.76. The minimum absolute atomic E-state index is 0.118. The molecule has 132 valence electrons. The van der Waals surface area contributed by atoms with Crippen LogP contribution in [0, 0.1) is 0 Å². The number of aromatic carboxylic acids is 1. The van der Waals surface area contributed by atoms with Crippen molar-refractivity contribution in [2.75, 3.05) is 0 Å². The molecule has 0 unspecified atom stereocenters. The topological polar surface area (TPSA) is 50.2 Å². The van der Waals surface area contributed by atoms with Crippen molar-refractivity contribution in [1.82, 2.24) is 4.98 Å². The first kappa shape index (κ1) is 18.3. The van der Waals surface area contributed by atoms with Gasteiger partial charge in [-0.15, -0.1) is 0 Å². The predicted molar refractivity (Wildman–Crippen MR) is 110 cm³/mol. The van der Waals surface area contributed by atoms with E-state index < -0.39 is 5.97 Å².